The molecule has 1 fully saturated rings. The van der Waals surface area contributed by atoms with Gasteiger partial charge in [0.05, 0.1) is 10.3 Å². The minimum absolute atomic E-state index is 0.209. The molecule has 0 atom stereocenters. The van der Waals surface area contributed by atoms with Crippen LogP contribution in [0.3, 0.4) is 0 Å². The molecule has 0 unspecified atom stereocenters. The van der Waals surface area contributed by atoms with Crippen molar-refractivity contribution < 1.29 is 22.7 Å². The molecule has 24 heavy (non-hydrogen) atoms. The largest absolute Gasteiger partial charge is 0.416 e. The summed E-state index contributed by atoms with van der Waals surface area (Å²) in [5.41, 5.74) is -0.360. The highest BCUT2D eigenvalue weighted by molar-refractivity contribution is 8.01. The maximum atomic E-state index is 12.5. The third-order valence-electron chi connectivity index (χ3n) is 4.04. The number of benzene rings is 1. The van der Waals surface area contributed by atoms with E-state index in [1.54, 1.807) is 11.8 Å². The number of hydrogen-bond acceptors (Lipinski definition) is 3. The Balaban J connectivity index is 1.89. The van der Waals surface area contributed by atoms with Gasteiger partial charge in [0, 0.05) is 18.9 Å². The van der Waals surface area contributed by atoms with Gasteiger partial charge in [0.15, 0.2) is 0 Å². The number of amides is 1. The van der Waals surface area contributed by atoms with Gasteiger partial charge < -0.3 is 10.1 Å². The van der Waals surface area contributed by atoms with Crippen LogP contribution in [0.5, 0.6) is 0 Å². The van der Waals surface area contributed by atoms with Gasteiger partial charge in [0.2, 0.25) is 5.91 Å². The fourth-order valence-corrected chi connectivity index (χ4v) is 3.50. The van der Waals surface area contributed by atoms with Gasteiger partial charge in [-0.3, -0.25) is 4.79 Å². The number of rotatable bonds is 5. The quantitative estimate of drug-likeness (QED) is 0.834. The summed E-state index contributed by atoms with van der Waals surface area (Å²) in [5, 5.41) is 2.70. The molecule has 1 heterocycles. The Bertz CT molecular complexity index is 552. The van der Waals surface area contributed by atoms with Crippen LogP contribution in [0.15, 0.2) is 24.3 Å². The first-order chi connectivity index (χ1) is 11.2. The topological polar surface area (TPSA) is 38.3 Å². The van der Waals surface area contributed by atoms with Gasteiger partial charge in [0.25, 0.3) is 0 Å². The molecular weight excluding hydrogens is 339 g/mol. The summed E-state index contributed by atoms with van der Waals surface area (Å²) in [6, 6.07) is 4.50. The zero-order valence-corrected chi connectivity index (χ0v) is 14.6. The highest BCUT2D eigenvalue weighted by atomic mass is 32.2. The Morgan fingerprint density at radius 1 is 1.21 bits per heavy atom. The molecule has 2 rings (SSSR count). The highest BCUT2D eigenvalue weighted by Gasteiger charge is 2.31. The lowest BCUT2D eigenvalue weighted by Gasteiger charge is -2.27. The van der Waals surface area contributed by atoms with Crippen LogP contribution in [0.1, 0.15) is 32.3 Å². The molecule has 3 nitrogen and oxygen atoms in total. The first-order valence-electron chi connectivity index (χ1n) is 7.89. The molecule has 7 heteroatoms. The standard InChI is InChI=1S/C17H22F3NO2S/c1-16(2,24-11-12-7-9-23-10-8-12)15(22)21-14-5-3-13(4-6-14)17(18,19)20/h3-6,12H,7-11H2,1-2H3,(H,21,22). The van der Waals surface area contributed by atoms with Gasteiger partial charge in [-0.05, 0) is 62.6 Å². The van der Waals surface area contributed by atoms with Gasteiger partial charge in [-0.1, -0.05) is 0 Å². The Morgan fingerprint density at radius 3 is 2.33 bits per heavy atom. The van der Waals surface area contributed by atoms with Crippen molar-refractivity contribution in [2.75, 3.05) is 24.3 Å². The minimum Gasteiger partial charge on any atom is -0.381 e. The molecule has 0 bridgehead atoms. The van der Waals surface area contributed by atoms with E-state index in [1.807, 2.05) is 13.8 Å². The Kier molecular flexibility index (Phi) is 6.20. The summed E-state index contributed by atoms with van der Waals surface area (Å²) < 4.78 is 42.3. The zero-order valence-electron chi connectivity index (χ0n) is 13.8. The lowest BCUT2D eigenvalue weighted by atomic mass is 10.0. The third-order valence-corrected chi connectivity index (χ3v) is 5.58. The lowest BCUT2D eigenvalue weighted by Crippen LogP contribution is -2.35. The lowest BCUT2D eigenvalue weighted by molar-refractivity contribution is -0.137. The van der Waals surface area contributed by atoms with Crippen molar-refractivity contribution in [1.29, 1.82) is 0 Å². The van der Waals surface area contributed by atoms with Gasteiger partial charge in [0.1, 0.15) is 0 Å². The van der Waals surface area contributed by atoms with Crippen LogP contribution in [-0.4, -0.2) is 29.6 Å². The van der Waals surface area contributed by atoms with Gasteiger partial charge >= 0.3 is 6.18 Å². The Hall–Kier alpha value is -1.21. The highest BCUT2D eigenvalue weighted by Crippen LogP contribution is 2.32. The van der Waals surface area contributed by atoms with E-state index in [4.69, 9.17) is 4.74 Å². The van der Waals surface area contributed by atoms with Crippen LogP contribution < -0.4 is 5.32 Å². The van der Waals surface area contributed by atoms with Gasteiger partial charge in [-0.25, -0.2) is 0 Å². The smallest absolute Gasteiger partial charge is 0.381 e. The van der Waals surface area contributed by atoms with Crippen molar-refractivity contribution in [3.63, 3.8) is 0 Å². The number of anilines is 1. The van der Waals surface area contributed by atoms with Gasteiger partial charge in [-0.2, -0.15) is 13.2 Å². The van der Waals surface area contributed by atoms with Crippen LogP contribution in [0, 0.1) is 5.92 Å². The van der Waals surface area contributed by atoms with E-state index in [0.717, 1.165) is 43.9 Å². The third kappa shape index (κ3) is 5.41. The second-order valence-corrected chi connectivity index (χ2v) is 8.05. The van der Waals surface area contributed by atoms with Crippen LogP contribution >= 0.6 is 11.8 Å². The van der Waals surface area contributed by atoms with E-state index in [0.29, 0.717) is 11.6 Å². The number of hydrogen-bond donors (Lipinski definition) is 1. The predicted octanol–water partition coefficient (Wildman–Crippen LogP) is 4.58. The molecule has 0 saturated carbocycles. The molecule has 0 spiro atoms. The number of thioether (sulfide) groups is 1. The van der Waals surface area contributed by atoms with E-state index >= 15 is 0 Å². The van der Waals surface area contributed by atoms with Crippen molar-refractivity contribution in [2.24, 2.45) is 5.92 Å². The summed E-state index contributed by atoms with van der Waals surface area (Å²) >= 11 is 1.57. The van der Waals surface area contributed by atoms with Crippen molar-refractivity contribution in [1.82, 2.24) is 0 Å². The first kappa shape index (κ1) is 19.1. The molecule has 0 radical (unpaired) electrons. The molecular formula is C17H22F3NO2S. The number of ether oxygens (including phenoxy) is 1. The van der Waals surface area contributed by atoms with E-state index in [-0.39, 0.29) is 5.91 Å². The number of nitrogens with one attached hydrogen (secondary N) is 1. The average Bonchev–Trinajstić information content (AvgIpc) is 2.53. The Labute approximate surface area is 144 Å². The molecule has 1 aliphatic rings. The van der Waals surface area contributed by atoms with Crippen LogP contribution in [0.25, 0.3) is 0 Å². The van der Waals surface area contributed by atoms with Crippen LogP contribution in [0.4, 0.5) is 18.9 Å². The fourth-order valence-electron chi connectivity index (χ4n) is 2.33. The minimum atomic E-state index is -4.37. The summed E-state index contributed by atoms with van der Waals surface area (Å²) in [6.07, 6.45) is -2.37. The fraction of sp³-hybridized carbons (Fsp3) is 0.588. The molecule has 1 aromatic rings. The number of carbonyl (C=O) groups is 1. The Morgan fingerprint density at radius 2 is 1.79 bits per heavy atom. The van der Waals surface area contributed by atoms with Crippen molar-refractivity contribution in [2.45, 2.75) is 37.6 Å². The van der Waals surface area contributed by atoms with E-state index in [1.165, 1.54) is 12.1 Å². The average molecular weight is 361 g/mol. The monoisotopic (exact) mass is 361 g/mol. The zero-order chi connectivity index (χ0) is 17.8. The number of halogens is 3. The maximum absolute atomic E-state index is 12.5. The second-order valence-electron chi connectivity index (χ2n) is 6.41. The molecule has 1 aromatic carbocycles. The van der Waals surface area contributed by atoms with E-state index < -0.39 is 16.5 Å². The molecule has 1 amide bonds. The molecule has 134 valence electrons. The molecule has 1 N–H and O–H groups in total. The van der Waals surface area contributed by atoms with Gasteiger partial charge in [-0.15, -0.1) is 11.8 Å². The van der Waals surface area contributed by atoms with Crippen molar-refractivity contribution in [3.05, 3.63) is 29.8 Å². The normalized spacial score (nSPS) is 16.9. The first-order valence-corrected chi connectivity index (χ1v) is 8.87. The van der Waals surface area contributed by atoms with E-state index in [2.05, 4.69) is 5.32 Å². The summed E-state index contributed by atoms with van der Waals surface area (Å²) in [6.45, 7) is 5.19. The number of carbonyl (C=O) groups excluding carboxylic acids is 1. The van der Waals surface area contributed by atoms with Crippen LogP contribution in [0.2, 0.25) is 0 Å². The van der Waals surface area contributed by atoms with E-state index in [9.17, 15) is 18.0 Å². The summed E-state index contributed by atoms with van der Waals surface area (Å²) in [5.74, 6) is 1.21. The molecule has 0 aliphatic carbocycles. The van der Waals surface area contributed by atoms with Crippen molar-refractivity contribution in [3.8, 4) is 0 Å². The molecule has 0 aromatic heterocycles. The second kappa shape index (κ2) is 7.78. The van der Waals surface area contributed by atoms with Crippen molar-refractivity contribution >= 4 is 23.4 Å². The summed E-state index contributed by atoms with van der Waals surface area (Å²) in [7, 11) is 0. The van der Waals surface area contributed by atoms with Crippen LogP contribution in [-0.2, 0) is 15.7 Å². The number of alkyl halides is 3. The SMILES string of the molecule is CC(C)(SCC1CCOCC1)C(=O)Nc1ccc(C(F)(F)F)cc1. The maximum Gasteiger partial charge on any atom is 0.416 e. The summed E-state index contributed by atoms with van der Waals surface area (Å²) in [4.78, 5) is 12.4. The predicted molar refractivity (Wildman–Crippen MR) is 90.2 cm³/mol. The molecule has 1 aliphatic heterocycles. The molecule has 1 saturated heterocycles.